The number of benzene rings is 3. The second kappa shape index (κ2) is 14.7. The van der Waals surface area contributed by atoms with Crippen LogP contribution in [0.2, 0.25) is 10.0 Å². The van der Waals surface area contributed by atoms with Gasteiger partial charge in [-0.2, -0.15) is 0 Å². The van der Waals surface area contributed by atoms with Crippen LogP contribution in [-0.2, 0) is 39.0 Å². The van der Waals surface area contributed by atoms with Crippen LogP contribution in [0.25, 0.3) is 0 Å². The van der Waals surface area contributed by atoms with Crippen LogP contribution in [-0.4, -0.2) is 50.0 Å². The summed E-state index contributed by atoms with van der Waals surface area (Å²) in [6, 6.07) is 20.3. The van der Waals surface area contributed by atoms with Gasteiger partial charge in [0.1, 0.15) is 12.6 Å². The Morgan fingerprint density at radius 1 is 0.927 bits per heavy atom. The average molecular weight is 619 g/mol. The summed E-state index contributed by atoms with van der Waals surface area (Å²) in [5.41, 5.74) is 2.84. The highest BCUT2D eigenvalue weighted by Crippen LogP contribution is 2.25. The number of aryl methyl sites for hydroxylation is 1. The molecule has 0 fully saturated rings. The second-order valence-electron chi connectivity index (χ2n) is 10.1. The predicted molar refractivity (Wildman–Crippen MR) is 167 cm³/mol. The molecule has 0 saturated heterocycles. The first kappa shape index (κ1) is 32.4. The Hall–Kier alpha value is -3.07. The summed E-state index contributed by atoms with van der Waals surface area (Å²) in [7, 11) is -3.84. The van der Waals surface area contributed by atoms with Crippen LogP contribution in [0.1, 0.15) is 43.9 Å². The van der Waals surface area contributed by atoms with Crippen molar-refractivity contribution in [3.05, 3.63) is 99.5 Å². The van der Waals surface area contributed by atoms with Crippen molar-refractivity contribution in [2.45, 2.75) is 58.7 Å². The first-order valence-electron chi connectivity index (χ1n) is 13.6. The van der Waals surface area contributed by atoms with Gasteiger partial charge in [0.2, 0.25) is 21.8 Å². The Balaban J connectivity index is 2.08. The molecule has 2 amide bonds. The van der Waals surface area contributed by atoms with Gasteiger partial charge >= 0.3 is 0 Å². The van der Waals surface area contributed by atoms with Gasteiger partial charge in [0, 0.05) is 29.1 Å². The number of rotatable bonds is 13. The second-order valence-corrected chi connectivity index (χ2v) is 12.8. The van der Waals surface area contributed by atoms with E-state index in [1.54, 1.807) is 30.3 Å². The molecular formula is C31H37Cl2N3O4S. The van der Waals surface area contributed by atoms with Gasteiger partial charge in [0.25, 0.3) is 0 Å². The summed E-state index contributed by atoms with van der Waals surface area (Å²) in [6.45, 7) is 5.35. The first-order valence-corrected chi connectivity index (χ1v) is 16.2. The Bertz CT molecular complexity index is 1430. The minimum Gasteiger partial charge on any atom is -0.352 e. The van der Waals surface area contributed by atoms with Gasteiger partial charge in [-0.3, -0.25) is 13.9 Å². The lowest BCUT2D eigenvalue weighted by Gasteiger charge is -2.34. The molecule has 2 atom stereocenters. The summed E-state index contributed by atoms with van der Waals surface area (Å²) < 4.78 is 26.9. The lowest BCUT2D eigenvalue weighted by molar-refractivity contribution is -0.140. The summed E-state index contributed by atoms with van der Waals surface area (Å²) in [5, 5.41) is 3.78. The molecule has 0 radical (unpaired) electrons. The monoisotopic (exact) mass is 617 g/mol. The molecule has 3 rings (SSSR count). The molecule has 0 saturated carbocycles. The number of amides is 2. The summed E-state index contributed by atoms with van der Waals surface area (Å²) in [6.07, 6.45) is 2.78. The zero-order chi connectivity index (χ0) is 30.2. The van der Waals surface area contributed by atoms with Crippen LogP contribution >= 0.6 is 23.2 Å². The Kier molecular flexibility index (Phi) is 11.6. The van der Waals surface area contributed by atoms with Crippen LogP contribution in [0.5, 0.6) is 0 Å². The number of sulfonamides is 1. The Labute approximate surface area is 253 Å². The third-order valence-electron chi connectivity index (χ3n) is 6.94. The van der Waals surface area contributed by atoms with Crippen LogP contribution in [0.4, 0.5) is 5.69 Å². The topological polar surface area (TPSA) is 86.8 Å². The van der Waals surface area contributed by atoms with Crippen molar-refractivity contribution < 1.29 is 18.0 Å². The minimum absolute atomic E-state index is 0.0212. The molecule has 10 heteroatoms. The normalized spacial score (nSPS) is 12.8. The molecular weight excluding hydrogens is 581 g/mol. The molecule has 0 bridgehead atoms. The number of nitrogens with zero attached hydrogens (tertiary/aromatic N) is 2. The molecule has 0 heterocycles. The van der Waals surface area contributed by atoms with Crippen LogP contribution < -0.4 is 9.62 Å². The maximum absolute atomic E-state index is 14.1. The fourth-order valence-electron chi connectivity index (χ4n) is 4.34. The number of anilines is 1. The summed E-state index contributed by atoms with van der Waals surface area (Å²) >= 11 is 12.6. The van der Waals surface area contributed by atoms with Crippen molar-refractivity contribution in [2.24, 2.45) is 0 Å². The highest BCUT2D eigenvalue weighted by Gasteiger charge is 2.33. The molecule has 0 spiro atoms. The van der Waals surface area contributed by atoms with Gasteiger partial charge in [0.15, 0.2) is 0 Å². The largest absolute Gasteiger partial charge is 0.352 e. The molecule has 3 aromatic carbocycles. The lowest BCUT2D eigenvalue weighted by Crippen LogP contribution is -2.54. The average Bonchev–Trinajstić information content (AvgIpc) is 2.94. The fraction of sp³-hybridized carbons (Fsp3) is 0.355. The van der Waals surface area contributed by atoms with E-state index in [9.17, 15) is 18.0 Å². The Morgan fingerprint density at radius 2 is 1.59 bits per heavy atom. The Morgan fingerprint density at radius 3 is 2.15 bits per heavy atom. The molecule has 0 aliphatic carbocycles. The quantitative estimate of drug-likeness (QED) is 0.260. The highest BCUT2D eigenvalue weighted by molar-refractivity contribution is 7.92. The number of halogens is 2. The van der Waals surface area contributed by atoms with E-state index in [-0.39, 0.29) is 24.9 Å². The van der Waals surface area contributed by atoms with Crippen molar-refractivity contribution in [2.75, 3.05) is 17.1 Å². The fourth-order valence-corrected chi connectivity index (χ4v) is 5.66. The van der Waals surface area contributed by atoms with Crippen molar-refractivity contribution in [1.82, 2.24) is 10.2 Å². The van der Waals surface area contributed by atoms with E-state index in [1.807, 2.05) is 63.2 Å². The SMILES string of the molecule is CCc1ccc(N(CC(=O)N(Cc2ccc(Cl)cc2Cl)[C@H](Cc2ccccc2)C(=O)N[C@@H](C)CC)S(C)(=O)=O)cc1. The van der Waals surface area contributed by atoms with Gasteiger partial charge in [-0.25, -0.2) is 8.42 Å². The molecule has 3 aromatic rings. The van der Waals surface area contributed by atoms with Crippen molar-refractivity contribution in [3.8, 4) is 0 Å². The summed E-state index contributed by atoms with van der Waals surface area (Å²) in [4.78, 5) is 29.3. The van der Waals surface area contributed by atoms with E-state index in [0.29, 0.717) is 27.7 Å². The van der Waals surface area contributed by atoms with E-state index in [2.05, 4.69) is 5.32 Å². The van der Waals surface area contributed by atoms with E-state index < -0.39 is 28.5 Å². The van der Waals surface area contributed by atoms with Gasteiger partial charge in [0.05, 0.1) is 11.9 Å². The third kappa shape index (κ3) is 9.21. The highest BCUT2D eigenvalue weighted by atomic mass is 35.5. The van der Waals surface area contributed by atoms with E-state index in [4.69, 9.17) is 23.2 Å². The van der Waals surface area contributed by atoms with E-state index in [0.717, 1.165) is 28.1 Å². The maximum atomic E-state index is 14.1. The standard InChI is InChI=1S/C31H37Cl2N3O4S/c1-5-22(3)34-31(38)29(18-24-10-8-7-9-11-24)35(20-25-14-15-26(32)19-28(25)33)30(37)21-36(41(4,39)40)27-16-12-23(6-2)13-17-27/h7-17,19,22,29H,5-6,18,20-21H2,1-4H3,(H,34,38)/t22-,29+/m0/s1. The molecule has 0 unspecified atom stereocenters. The van der Waals surface area contributed by atoms with E-state index >= 15 is 0 Å². The zero-order valence-electron chi connectivity index (χ0n) is 23.8. The van der Waals surface area contributed by atoms with Gasteiger partial charge < -0.3 is 10.2 Å². The minimum atomic E-state index is -3.84. The molecule has 0 aliphatic heterocycles. The zero-order valence-corrected chi connectivity index (χ0v) is 26.1. The van der Waals surface area contributed by atoms with Gasteiger partial charge in [-0.1, -0.05) is 85.6 Å². The van der Waals surface area contributed by atoms with Crippen molar-refractivity contribution in [3.63, 3.8) is 0 Å². The lowest BCUT2D eigenvalue weighted by atomic mass is 10.0. The van der Waals surface area contributed by atoms with E-state index in [1.165, 1.54) is 4.90 Å². The molecule has 0 aromatic heterocycles. The molecule has 1 N–H and O–H groups in total. The smallest absolute Gasteiger partial charge is 0.244 e. The van der Waals surface area contributed by atoms with Crippen LogP contribution in [0, 0.1) is 0 Å². The van der Waals surface area contributed by atoms with Gasteiger partial charge in [-0.15, -0.1) is 0 Å². The summed E-state index contributed by atoms with van der Waals surface area (Å²) in [5.74, 6) is -0.874. The van der Waals surface area contributed by atoms with Gasteiger partial charge in [-0.05, 0) is 60.7 Å². The number of hydrogen-bond acceptors (Lipinski definition) is 4. The van der Waals surface area contributed by atoms with Crippen LogP contribution in [0.3, 0.4) is 0 Å². The number of hydrogen-bond donors (Lipinski definition) is 1. The molecule has 0 aliphatic rings. The predicted octanol–water partition coefficient (Wildman–Crippen LogP) is 5.88. The van der Waals surface area contributed by atoms with Crippen LogP contribution in [0.15, 0.2) is 72.8 Å². The van der Waals surface area contributed by atoms with Crippen molar-refractivity contribution >= 4 is 50.7 Å². The molecule has 7 nitrogen and oxygen atoms in total. The third-order valence-corrected chi connectivity index (χ3v) is 8.67. The number of nitrogens with one attached hydrogen (secondary N) is 1. The molecule has 220 valence electrons. The maximum Gasteiger partial charge on any atom is 0.244 e. The number of carbonyl (C=O) groups is 2. The first-order chi connectivity index (χ1) is 19.4. The van der Waals surface area contributed by atoms with Crippen molar-refractivity contribution in [1.29, 1.82) is 0 Å². The number of carbonyl (C=O) groups excluding carboxylic acids is 2. The molecule has 41 heavy (non-hydrogen) atoms.